The van der Waals surface area contributed by atoms with Gasteiger partial charge in [0.15, 0.2) is 16.6 Å². The average molecular weight is 373 g/mol. The summed E-state index contributed by atoms with van der Waals surface area (Å²) in [5, 5.41) is 3.35. The summed E-state index contributed by atoms with van der Waals surface area (Å²) in [6.45, 7) is 4.08. The number of hydrazine groups is 1. The van der Waals surface area contributed by atoms with Crippen LogP contribution >= 0.6 is 12.2 Å². The van der Waals surface area contributed by atoms with Crippen LogP contribution in [-0.4, -0.2) is 25.2 Å². The number of hydrogen-bond acceptors (Lipinski definition) is 4. The molecule has 0 spiro atoms. The lowest BCUT2D eigenvalue weighted by atomic mass is 10.1. The lowest BCUT2D eigenvalue weighted by molar-refractivity contribution is -0.120. The molecule has 0 aliphatic rings. The van der Waals surface area contributed by atoms with E-state index in [1.165, 1.54) is 5.56 Å². The smallest absolute Gasteiger partial charge is 0.242 e. The number of thiocarbonyl (C=S) groups is 1. The Hall–Kier alpha value is -2.80. The van der Waals surface area contributed by atoms with Gasteiger partial charge in [-0.3, -0.25) is 15.6 Å². The van der Waals surface area contributed by atoms with Gasteiger partial charge in [-0.15, -0.1) is 0 Å². The Labute approximate surface area is 158 Å². The number of carbonyl (C=O) groups is 1. The van der Waals surface area contributed by atoms with Gasteiger partial charge in [0.1, 0.15) is 0 Å². The van der Waals surface area contributed by atoms with E-state index in [-0.39, 0.29) is 12.3 Å². The highest BCUT2D eigenvalue weighted by Gasteiger charge is 2.09. The van der Waals surface area contributed by atoms with Crippen LogP contribution in [0, 0.1) is 13.8 Å². The molecular formula is C19H23N3O3S. The third-order valence-corrected chi connectivity index (χ3v) is 4.10. The van der Waals surface area contributed by atoms with Gasteiger partial charge in [-0.05, 0) is 67.0 Å². The second kappa shape index (κ2) is 9.05. The van der Waals surface area contributed by atoms with Crippen molar-refractivity contribution in [1.82, 2.24) is 10.9 Å². The van der Waals surface area contributed by atoms with E-state index >= 15 is 0 Å². The molecule has 0 saturated heterocycles. The molecule has 1 amide bonds. The van der Waals surface area contributed by atoms with Crippen molar-refractivity contribution in [1.29, 1.82) is 0 Å². The summed E-state index contributed by atoms with van der Waals surface area (Å²) in [5.41, 5.74) is 9.31. The largest absolute Gasteiger partial charge is 0.493 e. The van der Waals surface area contributed by atoms with Crippen molar-refractivity contribution in [2.75, 3.05) is 19.5 Å². The molecule has 3 N–H and O–H groups in total. The molecule has 0 atom stereocenters. The minimum atomic E-state index is -0.221. The van der Waals surface area contributed by atoms with Gasteiger partial charge in [0.25, 0.3) is 0 Å². The van der Waals surface area contributed by atoms with Gasteiger partial charge in [0, 0.05) is 5.69 Å². The fraction of sp³-hybridized carbons (Fsp3) is 0.263. The summed E-state index contributed by atoms with van der Waals surface area (Å²) in [4.78, 5) is 12.1. The summed E-state index contributed by atoms with van der Waals surface area (Å²) < 4.78 is 10.4. The molecule has 0 heterocycles. The number of ether oxygens (including phenoxy) is 2. The van der Waals surface area contributed by atoms with Gasteiger partial charge in [-0.1, -0.05) is 12.1 Å². The van der Waals surface area contributed by atoms with E-state index in [2.05, 4.69) is 16.2 Å². The van der Waals surface area contributed by atoms with Crippen LogP contribution in [0.2, 0.25) is 0 Å². The third-order valence-electron chi connectivity index (χ3n) is 3.89. The predicted molar refractivity (Wildman–Crippen MR) is 107 cm³/mol. The number of amides is 1. The Morgan fingerprint density at radius 3 is 2.35 bits per heavy atom. The Morgan fingerprint density at radius 1 is 0.962 bits per heavy atom. The van der Waals surface area contributed by atoms with E-state index in [1.807, 2.05) is 38.1 Å². The van der Waals surface area contributed by atoms with Gasteiger partial charge < -0.3 is 14.8 Å². The maximum atomic E-state index is 12.1. The first kappa shape index (κ1) is 19.5. The minimum Gasteiger partial charge on any atom is -0.493 e. The van der Waals surface area contributed by atoms with Gasteiger partial charge in [0.05, 0.1) is 20.6 Å². The van der Waals surface area contributed by atoms with Crippen molar-refractivity contribution in [3.8, 4) is 11.5 Å². The Kier molecular flexibility index (Phi) is 6.80. The molecule has 7 heteroatoms. The van der Waals surface area contributed by atoms with Crippen molar-refractivity contribution in [2.45, 2.75) is 20.3 Å². The Balaban J connectivity index is 1.86. The van der Waals surface area contributed by atoms with E-state index in [4.69, 9.17) is 21.7 Å². The predicted octanol–water partition coefficient (Wildman–Crippen LogP) is 2.88. The minimum absolute atomic E-state index is 0.180. The molecule has 0 radical (unpaired) electrons. The van der Waals surface area contributed by atoms with Crippen LogP contribution in [0.15, 0.2) is 36.4 Å². The van der Waals surface area contributed by atoms with Crippen molar-refractivity contribution < 1.29 is 14.3 Å². The van der Waals surface area contributed by atoms with E-state index in [9.17, 15) is 4.79 Å². The first-order valence-electron chi connectivity index (χ1n) is 8.07. The molecule has 0 unspecified atom stereocenters. The number of nitrogens with one attached hydrogen (secondary N) is 3. The van der Waals surface area contributed by atoms with Crippen molar-refractivity contribution in [3.05, 3.63) is 53.1 Å². The van der Waals surface area contributed by atoms with E-state index in [1.54, 1.807) is 26.4 Å². The lowest BCUT2D eigenvalue weighted by Crippen LogP contribution is -2.44. The fourth-order valence-electron chi connectivity index (χ4n) is 2.33. The number of anilines is 1. The van der Waals surface area contributed by atoms with Crippen LogP contribution in [0.4, 0.5) is 5.69 Å². The molecule has 0 saturated carbocycles. The van der Waals surface area contributed by atoms with Crippen LogP contribution in [0.25, 0.3) is 0 Å². The zero-order valence-corrected chi connectivity index (χ0v) is 16.1. The van der Waals surface area contributed by atoms with Crippen LogP contribution in [0.1, 0.15) is 16.7 Å². The Morgan fingerprint density at radius 2 is 1.69 bits per heavy atom. The van der Waals surface area contributed by atoms with Crippen LogP contribution < -0.4 is 25.6 Å². The normalized spacial score (nSPS) is 10.0. The van der Waals surface area contributed by atoms with E-state index in [0.717, 1.165) is 16.8 Å². The van der Waals surface area contributed by atoms with Gasteiger partial charge in [-0.2, -0.15) is 0 Å². The molecule has 0 aliphatic heterocycles. The number of carbonyl (C=O) groups excluding carboxylic acids is 1. The molecule has 138 valence electrons. The zero-order valence-electron chi connectivity index (χ0n) is 15.3. The number of aryl methyl sites for hydroxylation is 2. The molecule has 0 fully saturated rings. The lowest BCUT2D eigenvalue weighted by Gasteiger charge is -2.13. The topological polar surface area (TPSA) is 71.6 Å². The zero-order chi connectivity index (χ0) is 19.1. The highest BCUT2D eigenvalue weighted by Crippen LogP contribution is 2.27. The second-order valence-corrected chi connectivity index (χ2v) is 6.20. The molecule has 0 aliphatic carbocycles. The van der Waals surface area contributed by atoms with Crippen molar-refractivity contribution >= 4 is 28.9 Å². The number of hydrogen-bond donors (Lipinski definition) is 3. The van der Waals surface area contributed by atoms with E-state index < -0.39 is 0 Å². The number of methoxy groups -OCH3 is 2. The third kappa shape index (κ3) is 5.35. The fourth-order valence-corrected chi connectivity index (χ4v) is 2.50. The van der Waals surface area contributed by atoms with Crippen LogP contribution in [0.5, 0.6) is 11.5 Å². The summed E-state index contributed by atoms with van der Waals surface area (Å²) in [6.07, 6.45) is 0.180. The molecule has 0 aromatic heterocycles. The first-order valence-corrected chi connectivity index (χ1v) is 8.47. The van der Waals surface area contributed by atoms with Gasteiger partial charge in [-0.25, -0.2) is 0 Å². The maximum Gasteiger partial charge on any atom is 0.242 e. The molecule has 0 bridgehead atoms. The van der Waals surface area contributed by atoms with Gasteiger partial charge in [0.2, 0.25) is 5.91 Å². The summed E-state index contributed by atoms with van der Waals surface area (Å²) in [7, 11) is 3.12. The van der Waals surface area contributed by atoms with Gasteiger partial charge >= 0.3 is 0 Å². The summed E-state index contributed by atoms with van der Waals surface area (Å²) in [5.74, 6) is 0.979. The first-order chi connectivity index (χ1) is 12.4. The second-order valence-electron chi connectivity index (χ2n) is 5.79. The highest BCUT2D eigenvalue weighted by atomic mass is 32.1. The molecule has 2 aromatic carbocycles. The SMILES string of the molecule is COc1ccc(CC(=O)NNC(=S)Nc2ccc(C)c(C)c2)cc1OC. The number of benzene rings is 2. The molecule has 2 aromatic rings. The Bertz CT molecular complexity index is 809. The molecule has 2 rings (SSSR count). The number of rotatable bonds is 5. The monoisotopic (exact) mass is 373 g/mol. The molecular weight excluding hydrogens is 350 g/mol. The summed E-state index contributed by atoms with van der Waals surface area (Å²) in [6, 6.07) is 11.3. The quantitative estimate of drug-likeness (QED) is 0.553. The highest BCUT2D eigenvalue weighted by molar-refractivity contribution is 7.80. The summed E-state index contributed by atoms with van der Waals surface area (Å²) >= 11 is 5.19. The standard InChI is InChI=1S/C19H23N3O3S/c1-12-5-7-15(9-13(12)2)20-19(26)22-21-18(23)11-14-6-8-16(24-3)17(10-14)25-4/h5-10H,11H2,1-4H3,(H,21,23)(H2,20,22,26). The van der Waals surface area contributed by atoms with Crippen LogP contribution in [0.3, 0.4) is 0 Å². The van der Waals surface area contributed by atoms with Crippen molar-refractivity contribution in [2.24, 2.45) is 0 Å². The van der Waals surface area contributed by atoms with Crippen molar-refractivity contribution in [3.63, 3.8) is 0 Å². The molecule has 6 nitrogen and oxygen atoms in total. The average Bonchev–Trinajstić information content (AvgIpc) is 2.63. The van der Waals surface area contributed by atoms with Crippen LogP contribution in [-0.2, 0) is 11.2 Å². The molecule has 26 heavy (non-hydrogen) atoms. The van der Waals surface area contributed by atoms with E-state index in [0.29, 0.717) is 16.6 Å². The maximum absolute atomic E-state index is 12.1.